The molecule has 7 nitrogen and oxygen atoms in total. The van der Waals surface area contributed by atoms with E-state index in [1.807, 2.05) is 40.9 Å². The van der Waals surface area contributed by atoms with Crippen molar-refractivity contribution in [2.75, 3.05) is 11.9 Å². The summed E-state index contributed by atoms with van der Waals surface area (Å²) in [6.45, 7) is 4.69. The first-order valence-corrected chi connectivity index (χ1v) is 6.71. The molecule has 0 spiro atoms. The van der Waals surface area contributed by atoms with Crippen LogP contribution in [0.5, 0.6) is 0 Å². The Kier molecular flexibility index (Phi) is 4.42. The second kappa shape index (κ2) is 6.25. The molecule has 0 aliphatic heterocycles. The zero-order valence-electron chi connectivity index (χ0n) is 12.4. The van der Waals surface area contributed by atoms with Crippen molar-refractivity contribution >= 4 is 11.5 Å². The molecule has 2 rings (SSSR count). The van der Waals surface area contributed by atoms with E-state index in [0.29, 0.717) is 12.1 Å². The lowest BCUT2D eigenvalue weighted by atomic mass is 10.1. The van der Waals surface area contributed by atoms with Gasteiger partial charge in [-0.2, -0.15) is 5.10 Å². The molecule has 0 radical (unpaired) electrons. The zero-order chi connectivity index (χ0) is 15.4. The van der Waals surface area contributed by atoms with E-state index in [0.717, 1.165) is 11.5 Å². The number of anilines is 1. The number of oxime groups is 1. The van der Waals surface area contributed by atoms with Gasteiger partial charge in [0.15, 0.2) is 5.84 Å². The SMILES string of the molecule is CC(C)n1ncnc1CN(C)c1ccccc1/C(N)=N/O. The first kappa shape index (κ1) is 14.8. The molecule has 1 heterocycles. The lowest BCUT2D eigenvalue weighted by Crippen LogP contribution is -2.24. The number of benzene rings is 1. The van der Waals surface area contributed by atoms with E-state index in [9.17, 15) is 0 Å². The molecular weight excluding hydrogens is 268 g/mol. The molecule has 1 aromatic carbocycles. The third-order valence-electron chi connectivity index (χ3n) is 3.21. The van der Waals surface area contributed by atoms with Gasteiger partial charge in [-0.15, -0.1) is 0 Å². The Morgan fingerprint density at radius 1 is 1.43 bits per heavy atom. The maximum absolute atomic E-state index is 8.89. The monoisotopic (exact) mass is 288 g/mol. The van der Waals surface area contributed by atoms with Crippen LogP contribution in [-0.4, -0.2) is 32.9 Å². The molecule has 0 saturated carbocycles. The van der Waals surface area contributed by atoms with E-state index < -0.39 is 0 Å². The van der Waals surface area contributed by atoms with Crippen molar-refractivity contribution < 1.29 is 5.21 Å². The van der Waals surface area contributed by atoms with E-state index in [4.69, 9.17) is 10.9 Å². The summed E-state index contributed by atoms with van der Waals surface area (Å²) in [5.41, 5.74) is 7.27. The van der Waals surface area contributed by atoms with Crippen LogP contribution in [0.1, 0.15) is 31.3 Å². The van der Waals surface area contributed by atoms with Gasteiger partial charge in [-0.05, 0) is 26.0 Å². The van der Waals surface area contributed by atoms with Crippen molar-refractivity contribution in [3.63, 3.8) is 0 Å². The predicted octanol–water partition coefficient (Wildman–Crippen LogP) is 1.59. The predicted molar refractivity (Wildman–Crippen MR) is 81.5 cm³/mol. The summed E-state index contributed by atoms with van der Waals surface area (Å²) < 4.78 is 1.88. The first-order chi connectivity index (χ1) is 10.0. The van der Waals surface area contributed by atoms with Gasteiger partial charge < -0.3 is 15.8 Å². The first-order valence-electron chi connectivity index (χ1n) is 6.71. The molecule has 112 valence electrons. The number of para-hydroxylation sites is 1. The zero-order valence-corrected chi connectivity index (χ0v) is 12.4. The summed E-state index contributed by atoms with van der Waals surface area (Å²) in [6.07, 6.45) is 1.55. The topological polar surface area (TPSA) is 92.6 Å². The number of aromatic nitrogens is 3. The summed E-state index contributed by atoms with van der Waals surface area (Å²) in [5, 5.41) is 16.2. The van der Waals surface area contributed by atoms with Gasteiger partial charge in [0.25, 0.3) is 0 Å². The molecule has 0 unspecified atom stereocenters. The number of hydrogen-bond acceptors (Lipinski definition) is 5. The van der Waals surface area contributed by atoms with E-state index in [1.165, 1.54) is 0 Å². The second-order valence-corrected chi connectivity index (χ2v) is 5.07. The average Bonchev–Trinajstić information content (AvgIpc) is 2.94. The highest BCUT2D eigenvalue weighted by molar-refractivity contribution is 6.02. The molecular formula is C14H20N6O. The van der Waals surface area contributed by atoms with Crippen LogP contribution >= 0.6 is 0 Å². The van der Waals surface area contributed by atoms with Crippen LogP contribution in [0.25, 0.3) is 0 Å². The molecule has 3 N–H and O–H groups in total. The van der Waals surface area contributed by atoms with Crippen molar-refractivity contribution in [3.8, 4) is 0 Å². The molecule has 21 heavy (non-hydrogen) atoms. The van der Waals surface area contributed by atoms with Crippen molar-refractivity contribution in [3.05, 3.63) is 42.0 Å². The van der Waals surface area contributed by atoms with Crippen molar-refractivity contribution in [2.45, 2.75) is 26.4 Å². The van der Waals surface area contributed by atoms with Crippen molar-refractivity contribution in [1.82, 2.24) is 14.8 Å². The van der Waals surface area contributed by atoms with Gasteiger partial charge in [0.1, 0.15) is 12.2 Å². The normalized spacial score (nSPS) is 11.9. The third-order valence-corrected chi connectivity index (χ3v) is 3.21. The molecule has 0 atom stereocenters. The number of nitrogens with zero attached hydrogens (tertiary/aromatic N) is 5. The Bertz CT molecular complexity index is 634. The Labute approximate surface area is 123 Å². The van der Waals surface area contributed by atoms with Gasteiger partial charge in [-0.3, -0.25) is 0 Å². The number of rotatable bonds is 5. The smallest absolute Gasteiger partial charge is 0.172 e. The van der Waals surface area contributed by atoms with Gasteiger partial charge >= 0.3 is 0 Å². The largest absolute Gasteiger partial charge is 0.409 e. The number of hydrogen-bond donors (Lipinski definition) is 2. The molecule has 0 amide bonds. The maximum Gasteiger partial charge on any atom is 0.172 e. The van der Waals surface area contributed by atoms with Crippen LogP contribution < -0.4 is 10.6 Å². The molecule has 2 aromatic rings. The minimum atomic E-state index is 0.0859. The highest BCUT2D eigenvalue weighted by Gasteiger charge is 2.14. The van der Waals surface area contributed by atoms with Gasteiger partial charge in [0.05, 0.1) is 6.54 Å². The summed E-state index contributed by atoms with van der Waals surface area (Å²) in [5.74, 6) is 0.949. The number of nitrogens with two attached hydrogens (primary N) is 1. The fraction of sp³-hybridized carbons (Fsp3) is 0.357. The van der Waals surface area contributed by atoms with Crippen LogP contribution in [0, 0.1) is 0 Å². The Morgan fingerprint density at radius 3 is 2.81 bits per heavy atom. The maximum atomic E-state index is 8.89. The Balaban J connectivity index is 2.29. The molecule has 7 heteroatoms. The lowest BCUT2D eigenvalue weighted by molar-refractivity contribution is 0.318. The molecule has 0 saturated heterocycles. The summed E-state index contributed by atoms with van der Waals surface area (Å²) in [4.78, 5) is 6.29. The minimum absolute atomic E-state index is 0.0859. The summed E-state index contributed by atoms with van der Waals surface area (Å²) in [7, 11) is 1.93. The van der Waals surface area contributed by atoms with Crippen molar-refractivity contribution in [1.29, 1.82) is 0 Å². The van der Waals surface area contributed by atoms with E-state index >= 15 is 0 Å². The summed E-state index contributed by atoms with van der Waals surface area (Å²) >= 11 is 0. The van der Waals surface area contributed by atoms with Crippen LogP contribution in [0.2, 0.25) is 0 Å². The van der Waals surface area contributed by atoms with Gasteiger partial charge in [0, 0.05) is 24.3 Å². The van der Waals surface area contributed by atoms with E-state index in [2.05, 4.69) is 29.1 Å². The second-order valence-electron chi connectivity index (χ2n) is 5.07. The highest BCUT2D eigenvalue weighted by atomic mass is 16.4. The van der Waals surface area contributed by atoms with Crippen molar-refractivity contribution in [2.24, 2.45) is 10.9 Å². The lowest BCUT2D eigenvalue weighted by Gasteiger charge is -2.22. The Hall–Kier alpha value is -2.57. The third kappa shape index (κ3) is 3.13. The average molecular weight is 288 g/mol. The van der Waals surface area contributed by atoms with Crippen LogP contribution in [-0.2, 0) is 6.54 Å². The Morgan fingerprint density at radius 2 is 2.14 bits per heavy atom. The van der Waals surface area contributed by atoms with E-state index in [-0.39, 0.29) is 11.9 Å². The van der Waals surface area contributed by atoms with Crippen LogP contribution in [0.3, 0.4) is 0 Å². The standard InChI is InChI=1S/C14H20N6O/c1-10(2)20-13(16-9-17-20)8-19(3)12-7-5-4-6-11(12)14(15)18-21/h4-7,9-10,21H,8H2,1-3H3,(H2,15,18). The van der Waals surface area contributed by atoms with Gasteiger partial charge in [-0.1, -0.05) is 17.3 Å². The number of amidine groups is 1. The molecule has 1 aromatic heterocycles. The molecule has 0 aliphatic rings. The molecule has 0 aliphatic carbocycles. The quantitative estimate of drug-likeness (QED) is 0.377. The fourth-order valence-corrected chi connectivity index (χ4v) is 2.19. The van der Waals surface area contributed by atoms with Gasteiger partial charge in [0.2, 0.25) is 0 Å². The molecule has 0 bridgehead atoms. The summed E-state index contributed by atoms with van der Waals surface area (Å²) in [6, 6.07) is 7.74. The van der Waals surface area contributed by atoms with Crippen LogP contribution in [0.4, 0.5) is 5.69 Å². The van der Waals surface area contributed by atoms with E-state index in [1.54, 1.807) is 6.33 Å². The highest BCUT2D eigenvalue weighted by Crippen LogP contribution is 2.21. The molecule has 0 fully saturated rings. The van der Waals surface area contributed by atoms with Crippen LogP contribution in [0.15, 0.2) is 35.7 Å². The minimum Gasteiger partial charge on any atom is -0.409 e. The van der Waals surface area contributed by atoms with Gasteiger partial charge in [-0.25, -0.2) is 9.67 Å². The fourth-order valence-electron chi connectivity index (χ4n) is 2.19.